The molecule has 2 aliphatic heterocycles. The first-order chi connectivity index (χ1) is 13.7. The van der Waals surface area contributed by atoms with Crippen LogP contribution in [0.4, 0.5) is 10.6 Å². The standard InChI is InChI=1S/C19H18N6O3/c26-18-17(23-19(27)24-18)15-10-13-14(28-15)2-1-12(22-13)11-3-4-21-16(9-11)25-7-5-20-6-8-25/h1-4,9-10,17,20H,5-8H2,(H2,23,24,26,27). The summed E-state index contributed by atoms with van der Waals surface area (Å²) in [7, 11) is 0. The van der Waals surface area contributed by atoms with Crippen LogP contribution in [-0.2, 0) is 4.79 Å². The van der Waals surface area contributed by atoms with Gasteiger partial charge in [0.2, 0.25) is 0 Å². The van der Waals surface area contributed by atoms with Crippen LogP contribution in [0.25, 0.3) is 22.4 Å². The van der Waals surface area contributed by atoms with Crippen LogP contribution in [0.15, 0.2) is 40.9 Å². The third-order valence-electron chi connectivity index (χ3n) is 4.93. The van der Waals surface area contributed by atoms with E-state index in [4.69, 9.17) is 4.42 Å². The minimum atomic E-state index is -0.828. The van der Waals surface area contributed by atoms with E-state index in [0.717, 1.165) is 43.3 Å². The van der Waals surface area contributed by atoms with E-state index in [0.29, 0.717) is 16.9 Å². The number of furan rings is 1. The molecule has 0 saturated carbocycles. The highest BCUT2D eigenvalue weighted by Gasteiger charge is 2.33. The van der Waals surface area contributed by atoms with E-state index in [9.17, 15) is 9.59 Å². The van der Waals surface area contributed by atoms with Gasteiger partial charge >= 0.3 is 6.03 Å². The highest BCUT2D eigenvalue weighted by atomic mass is 16.3. The van der Waals surface area contributed by atoms with E-state index in [1.807, 2.05) is 24.3 Å². The summed E-state index contributed by atoms with van der Waals surface area (Å²) in [6.45, 7) is 3.73. The lowest BCUT2D eigenvalue weighted by molar-refractivity contribution is -0.120. The normalized spacial score (nSPS) is 19.7. The predicted molar refractivity (Wildman–Crippen MR) is 102 cm³/mol. The highest BCUT2D eigenvalue weighted by Crippen LogP contribution is 2.28. The lowest BCUT2D eigenvalue weighted by atomic mass is 10.1. The Hall–Kier alpha value is -3.46. The molecule has 1 unspecified atom stereocenters. The fourth-order valence-electron chi connectivity index (χ4n) is 3.51. The molecule has 5 heterocycles. The Kier molecular flexibility index (Phi) is 3.94. The van der Waals surface area contributed by atoms with Gasteiger partial charge in [-0.15, -0.1) is 0 Å². The third-order valence-corrected chi connectivity index (χ3v) is 4.93. The second kappa shape index (κ2) is 6.61. The van der Waals surface area contributed by atoms with Crippen molar-refractivity contribution >= 4 is 28.9 Å². The number of piperazine rings is 1. The quantitative estimate of drug-likeness (QED) is 0.587. The number of fused-ring (bicyclic) bond motifs is 1. The van der Waals surface area contributed by atoms with Crippen LogP contribution < -0.4 is 20.9 Å². The maximum atomic E-state index is 11.8. The van der Waals surface area contributed by atoms with E-state index >= 15 is 0 Å². The average Bonchev–Trinajstić information content (AvgIpc) is 3.30. The van der Waals surface area contributed by atoms with Crippen molar-refractivity contribution in [3.05, 3.63) is 42.3 Å². The fourth-order valence-corrected chi connectivity index (χ4v) is 3.51. The van der Waals surface area contributed by atoms with Crippen molar-refractivity contribution in [2.24, 2.45) is 0 Å². The third kappa shape index (κ3) is 2.95. The Labute approximate surface area is 160 Å². The summed E-state index contributed by atoms with van der Waals surface area (Å²) >= 11 is 0. The molecule has 5 rings (SSSR count). The zero-order valence-electron chi connectivity index (χ0n) is 14.9. The number of carbonyl (C=O) groups excluding carboxylic acids is 2. The van der Waals surface area contributed by atoms with Crippen molar-refractivity contribution in [3.8, 4) is 11.3 Å². The van der Waals surface area contributed by atoms with Gasteiger partial charge in [-0.25, -0.2) is 14.8 Å². The van der Waals surface area contributed by atoms with E-state index < -0.39 is 18.0 Å². The van der Waals surface area contributed by atoms with Crippen LogP contribution in [-0.4, -0.2) is 48.1 Å². The summed E-state index contributed by atoms with van der Waals surface area (Å²) in [6.07, 6.45) is 1.79. The van der Waals surface area contributed by atoms with Crippen LogP contribution in [0, 0.1) is 0 Å². The van der Waals surface area contributed by atoms with Crippen LogP contribution in [0.5, 0.6) is 0 Å². The van der Waals surface area contributed by atoms with Crippen molar-refractivity contribution in [3.63, 3.8) is 0 Å². The molecule has 2 fully saturated rings. The van der Waals surface area contributed by atoms with E-state index in [1.54, 1.807) is 12.3 Å². The van der Waals surface area contributed by atoms with Crippen LogP contribution in [0.3, 0.4) is 0 Å². The first-order valence-electron chi connectivity index (χ1n) is 9.11. The van der Waals surface area contributed by atoms with Crippen molar-refractivity contribution in [2.75, 3.05) is 31.1 Å². The molecule has 0 aliphatic carbocycles. The van der Waals surface area contributed by atoms with Crippen LogP contribution in [0.1, 0.15) is 11.8 Å². The summed E-state index contributed by atoms with van der Waals surface area (Å²) in [5.74, 6) is 0.859. The average molecular weight is 378 g/mol. The number of aromatic nitrogens is 2. The largest absolute Gasteiger partial charge is 0.457 e. The molecule has 28 heavy (non-hydrogen) atoms. The molecule has 2 aliphatic rings. The molecule has 2 saturated heterocycles. The van der Waals surface area contributed by atoms with Gasteiger partial charge in [-0.2, -0.15) is 0 Å². The van der Waals surface area contributed by atoms with Crippen molar-refractivity contribution in [2.45, 2.75) is 6.04 Å². The molecule has 0 bridgehead atoms. The summed E-state index contributed by atoms with van der Waals surface area (Å²) in [6, 6.07) is 7.98. The van der Waals surface area contributed by atoms with Gasteiger partial charge in [0.25, 0.3) is 5.91 Å². The summed E-state index contributed by atoms with van der Waals surface area (Å²) in [5.41, 5.74) is 2.93. The lowest BCUT2D eigenvalue weighted by Gasteiger charge is -2.28. The zero-order valence-corrected chi connectivity index (χ0v) is 14.9. The molecular formula is C19H18N6O3. The number of hydrogen-bond acceptors (Lipinski definition) is 7. The monoisotopic (exact) mass is 378 g/mol. The number of nitrogens with zero attached hydrogens (tertiary/aromatic N) is 3. The Morgan fingerprint density at radius 1 is 1.11 bits per heavy atom. The molecule has 142 valence electrons. The molecule has 0 radical (unpaired) electrons. The van der Waals surface area contributed by atoms with Gasteiger partial charge in [0.1, 0.15) is 17.1 Å². The number of carbonyl (C=O) groups is 2. The Bertz CT molecular complexity index is 1070. The minimum Gasteiger partial charge on any atom is -0.457 e. The van der Waals surface area contributed by atoms with Gasteiger partial charge in [0.15, 0.2) is 11.6 Å². The summed E-state index contributed by atoms with van der Waals surface area (Å²) in [4.78, 5) is 34.6. The molecule has 3 aromatic heterocycles. The molecule has 1 atom stereocenters. The molecule has 9 heteroatoms. The van der Waals surface area contributed by atoms with Gasteiger partial charge in [-0.1, -0.05) is 0 Å². The first kappa shape index (κ1) is 16.7. The van der Waals surface area contributed by atoms with Crippen LogP contribution in [0.2, 0.25) is 0 Å². The minimum absolute atomic E-state index is 0.360. The predicted octanol–water partition coefficient (Wildman–Crippen LogP) is 1.18. The molecule has 9 nitrogen and oxygen atoms in total. The fraction of sp³-hybridized carbons (Fsp3) is 0.263. The van der Waals surface area contributed by atoms with E-state index in [1.165, 1.54) is 0 Å². The number of urea groups is 1. The number of pyridine rings is 2. The van der Waals surface area contributed by atoms with Crippen molar-refractivity contribution in [1.82, 2.24) is 25.9 Å². The SMILES string of the molecule is O=C1NC(=O)C(c2cc3nc(-c4ccnc(N5CCNCC5)c4)ccc3o2)N1. The second-order valence-electron chi connectivity index (χ2n) is 6.76. The maximum Gasteiger partial charge on any atom is 0.322 e. The van der Waals surface area contributed by atoms with Gasteiger partial charge in [0.05, 0.1) is 5.69 Å². The molecule has 3 N–H and O–H groups in total. The van der Waals surface area contributed by atoms with Gasteiger partial charge in [-0.3, -0.25) is 10.1 Å². The molecule has 0 spiro atoms. The Morgan fingerprint density at radius 2 is 1.96 bits per heavy atom. The second-order valence-corrected chi connectivity index (χ2v) is 6.76. The van der Waals surface area contributed by atoms with Gasteiger partial charge in [-0.05, 0) is 24.3 Å². The summed E-state index contributed by atoms with van der Waals surface area (Å²) < 4.78 is 5.71. The topological polar surface area (TPSA) is 112 Å². The molecule has 3 aromatic rings. The zero-order chi connectivity index (χ0) is 19.1. The Morgan fingerprint density at radius 3 is 2.75 bits per heavy atom. The van der Waals surface area contributed by atoms with Gasteiger partial charge < -0.3 is 20.0 Å². The number of hydrogen-bond donors (Lipinski definition) is 3. The highest BCUT2D eigenvalue weighted by molar-refractivity contribution is 6.04. The molecule has 3 amide bonds. The summed E-state index contributed by atoms with van der Waals surface area (Å²) in [5, 5.41) is 8.07. The number of anilines is 1. The molecular weight excluding hydrogens is 360 g/mol. The Balaban J connectivity index is 1.47. The number of imide groups is 1. The number of rotatable bonds is 3. The first-order valence-corrected chi connectivity index (χ1v) is 9.11. The molecule has 0 aromatic carbocycles. The van der Waals surface area contributed by atoms with Crippen molar-refractivity contribution < 1.29 is 14.0 Å². The smallest absolute Gasteiger partial charge is 0.322 e. The van der Waals surface area contributed by atoms with E-state index in [-0.39, 0.29) is 0 Å². The van der Waals surface area contributed by atoms with Crippen molar-refractivity contribution in [1.29, 1.82) is 0 Å². The van der Waals surface area contributed by atoms with E-state index in [2.05, 4.69) is 30.8 Å². The van der Waals surface area contributed by atoms with Gasteiger partial charge in [0, 0.05) is 44.0 Å². The van der Waals surface area contributed by atoms with Crippen LogP contribution >= 0.6 is 0 Å². The number of amides is 3. The maximum absolute atomic E-state index is 11.8. The lowest BCUT2D eigenvalue weighted by Crippen LogP contribution is -2.43. The number of nitrogens with one attached hydrogen (secondary N) is 3.